The van der Waals surface area contributed by atoms with E-state index >= 15 is 0 Å². The molecule has 0 saturated carbocycles. The minimum absolute atomic E-state index is 0.0321. The van der Waals surface area contributed by atoms with Gasteiger partial charge in [0.15, 0.2) is 16.5 Å². The van der Waals surface area contributed by atoms with Gasteiger partial charge in [0.05, 0.1) is 7.05 Å². The molecule has 4 heterocycles. The van der Waals surface area contributed by atoms with Crippen LogP contribution in [0.3, 0.4) is 0 Å². The normalized spacial score (nSPS) is 19.0. The monoisotopic (exact) mass is 622 g/mol. The second-order valence-corrected chi connectivity index (χ2v) is 12.6. The summed E-state index contributed by atoms with van der Waals surface area (Å²) in [5.41, 5.74) is 5.88. The number of nitrogens with two attached hydrogens (primary N) is 1. The van der Waals surface area contributed by atoms with Gasteiger partial charge in [-0.1, -0.05) is 5.16 Å². The van der Waals surface area contributed by atoms with Crippen molar-refractivity contribution in [1.29, 1.82) is 0 Å². The molecule has 14 nitrogen and oxygen atoms in total. The molecule has 0 spiro atoms. The van der Waals surface area contributed by atoms with Crippen molar-refractivity contribution in [2.24, 2.45) is 12.2 Å². The highest BCUT2D eigenvalue weighted by atomic mass is 32.2. The van der Waals surface area contributed by atoms with Gasteiger partial charge >= 0.3 is 17.1 Å². The van der Waals surface area contributed by atoms with Crippen LogP contribution in [0.1, 0.15) is 30.9 Å². The first-order valence-electron chi connectivity index (χ1n) is 12.1. The van der Waals surface area contributed by atoms with Crippen LogP contribution < -0.4 is 15.6 Å². The Balaban J connectivity index is 1.53. The Hall–Kier alpha value is -3.70. The summed E-state index contributed by atoms with van der Waals surface area (Å²) in [4.78, 5) is 64.9. The maximum Gasteiger partial charge on any atom is 0.359 e. The van der Waals surface area contributed by atoms with Crippen molar-refractivity contribution in [3.8, 4) is 0 Å². The molecule has 218 valence electrons. The van der Waals surface area contributed by atoms with Gasteiger partial charge in [-0.3, -0.25) is 14.5 Å². The summed E-state index contributed by atoms with van der Waals surface area (Å²) >= 11 is 3.73. The molecule has 2 amide bonds. The Morgan fingerprint density at radius 1 is 1.32 bits per heavy atom. The van der Waals surface area contributed by atoms with Crippen molar-refractivity contribution >= 4 is 69.5 Å². The zero-order valence-corrected chi connectivity index (χ0v) is 25.1. The molecular weight excluding hydrogens is 595 g/mol. The molecule has 2 aliphatic heterocycles. The molecule has 0 radical (unpaired) electrons. The number of carbonyl (C=O) groups excluding carboxylic acids is 2. The lowest BCUT2D eigenvalue weighted by Crippen LogP contribution is -2.71. The Morgan fingerprint density at radius 3 is 2.63 bits per heavy atom. The van der Waals surface area contributed by atoms with E-state index in [-0.39, 0.29) is 22.2 Å². The molecule has 2 aromatic rings. The molecule has 5 N–H and O–H groups in total. The lowest BCUT2D eigenvalue weighted by Gasteiger charge is -2.49. The number of nitrogens with one attached hydrogen (secondary N) is 1. The number of thioether (sulfide) groups is 2. The van der Waals surface area contributed by atoms with Gasteiger partial charge in [-0.15, -0.1) is 23.1 Å². The van der Waals surface area contributed by atoms with Crippen molar-refractivity contribution in [3.63, 3.8) is 0 Å². The van der Waals surface area contributed by atoms with Gasteiger partial charge in [-0.25, -0.2) is 19.1 Å². The highest BCUT2D eigenvalue weighted by molar-refractivity contribution is 8.01. The number of carboxylic acids is 2. The Labute approximate surface area is 247 Å². The van der Waals surface area contributed by atoms with Crippen molar-refractivity contribution in [2.45, 2.75) is 49.9 Å². The zero-order valence-electron chi connectivity index (χ0n) is 22.7. The third kappa shape index (κ3) is 6.15. The van der Waals surface area contributed by atoms with Crippen molar-refractivity contribution in [2.75, 3.05) is 17.2 Å². The van der Waals surface area contributed by atoms with E-state index < -0.39 is 40.8 Å². The number of hydrogen-bond acceptors (Lipinski definition) is 12. The van der Waals surface area contributed by atoms with E-state index in [1.807, 2.05) is 31.5 Å². The summed E-state index contributed by atoms with van der Waals surface area (Å²) < 4.78 is 1.91. The van der Waals surface area contributed by atoms with E-state index in [0.29, 0.717) is 17.1 Å². The van der Waals surface area contributed by atoms with Crippen LogP contribution in [0.2, 0.25) is 0 Å². The van der Waals surface area contributed by atoms with E-state index in [2.05, 4.69) is 20.4 Å². The number of β-lactam (4-membered cyclic amide) rings is 1. The maximum atomic E-state index is 13.2. The van der Waals surface area contributed by atoms with Gasteiger partial charge in [0.1, 0.15) is 28.5 Å². The Kier molecular flexibility index (Phi) is 8.60. The molecule has 1 saturated heterocycles. The van der Waals surface area contributed by atoms with Crippen LogP contribution in [0.4, 0.5) is 5.13 Å². The first-order chi connectivity index (χ1) is 19.2. The number of aliphatic carboxylic acids is 2. The fourth-order valence-electron chi connectivity index (χ4n) is 3.89. The van der Waals surface area contributed by atoms with Crippen LogP contribution >= 0.6 is 34.9 Å². The van der Waals surface area contributed by atoms with E-state index in [1.165, 1.54) is 47.7 Å². The van der Waals surface area contributed by atoms with E-state index in [9.17, 15) is 29.4 Å². The molecule has 0 aliphatic carbocycles. The second kappa shape index (κ2) is 11.7. The summed E-state index contributed by atoms with van der Waals surface area (Å²) in [5.74, 6) is -3.38. The number of nitrogen functional groups attached to an aromatic ring is 1. The first kappa shape index (κ1) is 30.3. The fraction of sp³-hybridized carbons (Fsp3) is 0.417. The minimum atomic E-state index is -1.76. The molecular formula is C24H28N7O7S3+. The molecule has 41 heavy (non-hydrogen) atoms. The number of fused-ring (bicyclic) bond motifs is 1. The maximum absolute atomic E-state index is 13.2. The third-order valence-corrected chi connectivity index (χ3v) is 9.41. The summed E-state index contributed by atoms with van der Waals surface area (Å²) in [6.07, 6.45) is 0. The highest BCUT2D eigenvalue weighted by Gasteiger charge is 2.54. The van der Waals surface area contributed by atoms with Gasteiger partial charge < -0.3 is 26.1 Å². The number of aryl methyl sites for hydroxylation is 2. The molecule has 0 aromatic carbocycles. The number of nitrogens with zero attached hydrogens (tertiary/aromatic N) is 5. The number of hydrogen-bond donors (Lipinski definition) is 4. The number of carbonyl (C=O) groups is 4. The minimum Gasteiger partial charge on any atom is -0.478 e. The van der Waals surface area contributed by atoms with Crippen molar-refractivity contribution < 1.29 is 38.8 Å². The number of anilines is 1. The standard InChI is InChI=1S/C24H27N7O7S3/c1-10-6-11(2)30(5)23(26-10)41-8-12-7-39-19-15(18(33)31(19)16(12)20(34)35)28-17(32)14(13-9-40-22(25)27-13)29-38-24(3,4)21(36)37/h6,9,15,19H,7-8H2,1-5H3,(H4-,25,27,28,32,34,35,36,37)/p+1/b29-14+/t15-,19-/m1/s1. The number of aromatic nitrogens is 3. The average molecular weight is 623 g/mol. The number of carboxylic acid groups (broad SMARTS) is 2. The summed E-state index contributed by atoms with van der Waals surface area (Å²) in [6.45, 7) is 6.34. The second-order valence-electron chi connectivity index (χ2n) is 9.71. The Bertz CT molecular complexity index is 1500. The largest absolute Gasteiger partial charge is 0.478 e. The van der Waals surface area contributed by atoms with Crippen molar-refractivity contribution in [3.05, 3.63) is 39.8 Å². The molecule has 2 aliphatic rings. The third-order valence-electron chi connectivity index (χ3n) is 6.28. The van der Waals surface area contributed by atoms with E-state index in [4.69, 9.17) is 10.6 Å². The van der Waals surface area contributed by atoms with Crippen LogP contribution in [0.5, 0.6) is 0 Å². The molecule has 2 aromatic heterocycles. The predicted molar refractivity (Wildman–Crippen MR) is 151 cm³/mol. The number of thiazole rings is 1. The SMILES string of the molecule is Cc1cc(C)[n+](C)c(SCC2=C(C(=O)O)N3C(=O)[C@@H](NC(=O)/C(=N/OC(C)(C)C(=O)O)c4csc(N)n4)[C@H]3SC2)n1. The summed E-state index contributed by atoms with van der Waals surface area (Å²) in [6, 6.07) is 0.891. The van der Waals surface area contributed by atoms with Crippen molar-refractivity contribution in [1.82, 2.24) is 20.2 Å². The Morgan fingerprint density at radius 2 is 2.02 bits per heavy atom. The fourth-order valence-corrected chi connectivity index (χ4v) is 7.00. The quantitative estimate of drug-likeness (QED) is 0.0722. The topological polar surface area (TPSA) is 201 Å². The van der Waals surface area contributed by atoms with Gasteiger partial charge in [0.25, 0.3) is 11.8 Å². The first-order valence-corrected chi connectivity index (χ1v) is 15.0. The molecule has 4 rings (SSSR count). The summed E-state index contributed by atoms with van der Waals surface area (Å²) in [7, 11) is 1.87. The molecule has 0 unspecified atom stereocenters. The van der Waals surface area contributed by atoms with Crippen LogP contribution in [0.15, 0.2) is 33.0 Å². The lowest BCUT2D eigenvalue weighted by atomic mass is 10.0. The average Bonchev–Trinajstić information content (AvgIpc) is 3.33. The molecule has 2 atom stereocenters. The van der Waals surface area contributed by atoms with E-state index in [0.717, 1.165) is 27.9 Å². The predicted octanol–water partition coefficient (Wildman–Crippen LogP) is 0.676. The van der Waals surface area contributed by atoms with Crippen LogP contribution in [-0.4, -0.2) is 83.1 Å². The van der Waals surface area contributed by atoms with Gasteiger partial charge in [-0.05, 0) is 43.1 Å². The number of amides is 2. The zero-order chi connectivity index (χ0) is 30.2. The lowest BCUT2D eigenvalue weighted by molar-refractivity contribution is -0.719. The number of oxime groups is 1. The molecule has 0 bridgehead atoms. The van der Waals surface area contributed by atoms with Gasteiger partial charge in [-0.2, -0.15) is 0 Å². The van der Waals surface area contributed by atoms with Crippen LogP contribution in [0, 0.1) is 13.8 Å². The summed E-state index contributed by atoms with van der Waals surface area (Å²) in [5, 5.41) is 27.3. The van der Waals surface area contributed by atoms with Gasteiger partial charge in [0, 0.05) is 29.9 Å². The van der Waals surface area contributed by atoms with E-state index in [1.54, 1.807) is 0 Å². The van der Waals surface area contributed by atoms with Gasteiger partial charge in [0.2, 0.25) is 5.60 Å². The molecule has 17 heteroatoms. The van der Waals surface area contributed by atoms with Crippen LogP contribution in [0.25, 0.3) is 0 Å². The number of rotatable bonds is 10. The van der Waals surface area contributed by atoms with Crippen LogP contribution in [-0.2, 0) is 31.1 Å². The molecule has 1 fully saturated rings. The smallest absolute Gasteiger partial charge is 0.359 e. The highest BCUT2D eigenvalue weighted by Crippen LogP contribution is 2.41.